The lowest BCUT2D eigenvalue weighted by Gasteiger charge is -2.35. The molecule has 1 aliphatic heterocycles. The Balaban J connectivity index is 1.41. The Morgan fingerprint density at radius 1 is 1.10 bits per heavy atom. The third-order valence-corrected chi connectivity index (χ3v) is 5.36. The summed E-state index contributed by atoms with van der Waals surface area (Å²) >= 11 is 0. The summed E-state index contributed by atoms with van der Waals surface area (Å²) in [5.74, 6) is 1.22. The number of carbonyl (C=O) groups is 1. The summed E-state index contributed by atoms with van der Waals surface area (Å²) < 4.78 is 11.3. The van der Waals surface area contributed by atoms with Crippen LogP contribution in [0.15, 0.2) is 73.1 Å². The van der Waals surface area contributed by atoms with E-state index >= 15 is 0 Å². The lowest BCUT2D eigenvalue weighted by Crippen LogP contribution is -2.43. The predicted molar refractivity (Wildman–Crippen MR) is 119 cm³/mol. The molecule has 2 heterocycles. The van der Waals surface area contributed by atoms with Crippen LogP contribution in [0, 0.1) is 6.92 Å². The van der Waals surface area contributed by atoms with E-state index < -0.39 is 0 Å². The summed E-state index contributed by atoms with van der Waals surface area (Å²) in [6, 6.07) is 19.4. The minimum Gasteiger partial charge on any atom is -0.456 e. The molecule has 0 aliphatic carbocycles. The molecule has 1 amide bonds. The lowest BCUT2D eigenvalue weighted by molar-refractivity contribution is 0.0162. The van der Waals surface area contributed by atoms with E-state index in [9.17, 15) is 4.79 Å². The number of carbonyl (C=O) groups excluding carboxylic acids is 1. The van der Waals surface area contributed by atoms with Gasteiger partial charge in [0.2, 0.25) is 0 Å². The molecule has 6 heteroatoms. The third-order valence-electron chi connectivity index (χ3n) is 5.36. The van der Waals surface area contributed by atoms with E-state index in [4.69, 9.17) is 9.47 Å². The number of nitrogens with zero attached hydrogens (tertiary/aromatic N) is 2. The fourth-order valence-electron chi connectivity index (χ4n) is 3.73. The number of ether oxygens (including phenoxy) is 2. The molecule has 2 aromatic carbocycles. The molecule has 1 aromatic heterocycles. The minimum absolute atomic E-state index is 0.0983. The zero-order valence-corrected chi connectivity index (χ0v) is 17.7. The van der Waals surface area contributed by atoms with Crippen LogP contribution < -0.4 is 10.1 Å². The van der Waals surface area contributed by atoms with Crippen LogP contribution in [0.5, 0.6) is 11.5 Å². The molecule has 0 bridgehead atoms. The molecular formula is C25H27N3O3. The molecule has 1 saturated heterocycles. The average Bonchev–Trinajstić information content (AvgIpc) is 2.81. The molecule has 0 saturated carbocycles. The van der Waals surface area contributed by atoms with Gasteiger partial charge < -0.3 is 14.8 Å². The van der Waals surface area contributed by atoms with Crippen LogP contribution in [0.4, 0.5) is 0 Å². The van der Waals surface area contributed by atoms with Crippen LogP contribution in [-0.4, -0.2) is 48.6 Å². The van der Waals surface area contributed by atoms with Crippen molar-refractivity contribution in [1.29, 1.82) is 0 Å². The van der Waals surface area contributed by atoms with E-state index in [0.717, 1.165) is 13.1 Å². The molecule has 6 nitrogen and oxygen atoms in total. The van der Waals surface area contributed by atoms with Gasteiger partial charge in [-0.05, 0) is 48.9 Å². The first kappa shape index (κ1) is 21.0. The Morgan fingerprint density at radius 3 is 2.61 bits per heavy atom. The van der Waals surface area contributed by atoms with E-state index in [2.05, 4.69) is 46.4 Å². The third kappa shape index (κ3) is 5.69. The van der Waals surface area contributed by atoms with Gasteiger partial charge >= 0.3 is 0 Å². The van der Waals surface area contributed by atoms with Gasteiger partial charge in [-0.2, -0.15) is 0 Å². The van der Waals surface area contributed by atoms with Gasteiger partial charge in [0.1, 0.15) is 11.5 Å². The summed E-state index contributed by atoms with van der Waals surface area (Å²) in [6.07, 6.45) is 3.35. The first-order valence-electron chi connectivity index (χ1n) is 10.5. The number of rotatable bonds is 7. The van der Waals surface area contributed by atoms with Crippen molar-refractivity contribution in [2.75, 3.05) is 32.8 Å². The maximum absolute atomic E-state index is 12.8. The molecule has 4 rings (SSSR count). The van der Waals surface area contributed by atoms with Crippen molar-refractivity contribution in [2.24, 2.45) is 0 Å². The summed E-state index contributed by atoms with van der Waals surface area (Å²) in [5.41, 5.74) is 3.03. The second kappa shape index (κ2) is 10.2. The van der Waals surface area contributed by atoms with E-state index in [1.165, 1.54) is 11.1 Å². The maximum atomic E-state index is 12.8. The van der Waals surface area contributed by atoms with Crippen LogP contribution in [-0.2, 0) is 4.74 Å². The highest BCUT2D eigenvalue weighted by Gasteiger charge is 2.23. The minimum atomic E-state index is -0.0983. The normalized spacial score (nSPS) is 15.3. The first-order valence-corrected chi connectivity index (χ1v) is 10.5. The Hall–Kier alpha value is -3.22. The summed E-state index contributed by atoms with van der Waals surface area (Å²) in [5, 5.41) is 3.11. The molecule has 1 aliphatic rings. The highest BCUT2D eigenvalue weighted by Crippen LogP contribution is 2.23. The van der Waals surface area contributed by atoms with Gasteiger partial charge in [-0.25, -0.2) is 0 Å². The summed E-state index contributed by atoms with van der Waals surface area (Å²) in [6.45, 7) is 5.77. The van der Waals surface area contributed by atoms with E-state index in [-0.39, 0.29) is 11.9 Å². The number of hydrogen-bond acceptors (Lipinski definition) is 5. The lowest BCUT2D eigenvalue weighted by atomic mass is 10.0. The van der Waals surface area contributed by atoms with Crippen LogP contribution in [0.3, 0.4) is 0 Å². The monoisotopic (exact) mass is 417 g/mol. The predicted octanol–water partition coefficient (Wildman–Crippen LogP) is 3.99. The van der Waals surface area contributed by atoms with Crippen LogP contribution in [0.25, 0.3) is 0 Å². The zero-order chi connectivity index (χ0) is 21.5. The number of amides is 1. The fraction of sp³-hybridized carbons (Fsp3) is 0.280. The van der Waals surface area contributed by atoms with Crippen LogP contribution in [0.2, 0.25) is 0 Å². The molecule has 1 unspecified atom stereocenters. The van der Waals surface area contributed by atoms with E-state index in [1.807, 2.05) is 12.1 Å². The number of pyridine rings is 1. The Bertz CT molecular complexity index is 986. The molecule has 160 valence electrons. The largest absolute Gasteiger partial charge is 0.456 e. The van der Waals surface area contributed by atoms with Gasteiger partial charge in [-0.1, -0.05) is 29.8 Å². The van der Waals surface area contributed by atoms with Gasteiger partial charge in [-0.3, -0.25) is 14.7 Å². The zero-order valence-electron chi connectivity index (χ0n) is 17.7. The van der Waals surface area contributed by atoms with Crippen LogP contribution in [0.1, 0.15) is 27.5 Å². The summed E-state index contributed by atoms with van der Waals surface area (Å²) in [4.78, 5) is 19.2. The standard InChI is InChI=1S/C25H27N3O3/c1-19-4-2-5-21(16-19)24(28-12-14-30-15-13-28)18-27-25(29)20-7-9-22(10-8-20)31-23-6-3-11-26-17-23/h2-11,16-17,24H,12-15,18H2,1H3,(H,27,29). The molecule has 0 spiro atoms. The molecule has 0 radical (unpaired) electrons. The first-order chi connectivity index (χ1) is 15.2. The molecular weight excluding hydrogens is 390 g/mol. The number of hydrogen-bond donors (Lipinski definition) is 1. The van der Waals surface area contributed by atoms with Crippen LogP contribution >= 0.6 is 0 Å². The Morgan fingerprint density at radius 2 is 1.90 bits per heavy atom. The Kier molecular flexibility index (Phi) is 6.92. The van der Waals surface area contributed by atoms with Crippen molar-refractivity contribution < 1.29 is 14.3 Å². The van der Waals surface area contributed by atoms with Crippen molar-refractivity contribution in [3.63, 3.8) is 0 Å². The molecule has 1 fully saturated rings. The highest BCUT2D eigenvalue weighted by molar-refractivity contribution is 5.94. The summed E-state index contributed by atoms with van der Waals surface area (Å²) in [7, 11) is 0. The number of aromatic nitrogens is 1. The fourth-order valence-corrected chi connectivity index (χ4v) is 3.73. The Labute approximate surface area is 182 Å². The topological polar surface area (TPSA) is 63.7 Å². The number of nitrogens with one attached hydrogen (secondary N) is 1. The average molecular weight is 418 g/mol. The quantitative estimate of drug-likeness (QED) is 0.630. The van der Waals surface area contributed by atoms with E-state index in [1.54, 1.807) is 36.7 Å². The number of benzene rings is 2. The second-order valence-corrected chi connectivity index (χ2v) is 7.60. The van der Waals surface area contributed by atoms with Gasteiger partial charge in [0.05, 0.1) is 25.5 Å². The van der Waals surface area contributed by atoms with E-state index in [0.29, 0.717) is 36.8 Å². The smallest absolute Gasteiger partial charge is 0.251 e. The maximum Gasteiger partial charge on any atom is 0.251 e. The van der Waals surface area contributed by atoms with Crippen molar-refractivity contribution in [3.8, 4) is 11.5 Å². The van der Waals surface area contributed by atoms with Gasteiger partial charge in [0.15, 0.2) is 0 Å². The van der Waals surface area contributed by atoms with Crippen molar-refractivity contribution >= 4 is 5.91 Å². The number of morpholine rings is 1. The van der Waals surface area contributed by atoms with Crippen molar-refractivity contribution in [1.82, 2.24) is 15.2 Å². The van der Waals surface area contributed by atoms with Gasteiger partial charge in [0.25, 0.3) is 5.91 Å². The van der Waals surface area contributed by atoms with Crippen molar-refractivity contribution in [3.05, 3.63) is 89.7 Å². The molecule has 1 atom stereocenters. The molecule has 1 N–H and O–H groups in total. The molecule has 3 aromatic rings. The molecule has 31 heavy (non-hydrogen) atoms. The SMILES string of the molecule is Cc1cccc(C(CNC(=O)c2ccc(Oc3cccnc3)cc2)N2CCOCC2)c1. The van der Waals surface area contributed by atoms with Crippen molar-refractivity contribution in [2.45, 2.75) is 13.0 Å². The van der Waals surface area contributed by atoms with Gasteiger partial charge in [-0.15, -0.1) is 0 Å². The second-order valence-electron chi connectivity index (χ2n) is 7.60. The highest BCUT2D eigenvalue weighted by atomic mass is 16.5. The van der Waals surface area contributed by atoms with Gasteiger partial charge in [0, 0.05) is 31.4 Å². The number of aryl methyl sites for hydroxylation is 1.